The van der Waals surface area contributed by atoms with E-state index in [4.69, 9.17) is 9.47 Å². The second-order valence-corrected chi connectivity index (χ2v) is 5.16. The Hall–Kier alpha value is -2.35. The maximum absolute atomic E-state index is 12.2. The fraction of sp³-hybridized carbons (Fsp3) is 0.316. The highest BCUT2D eigenvalue weighted by Crippen LogP contribution is 2.33. The smallest absolute Gasteiger partial charge is 0.254 e. The summed E-state index contributed by atoms with van der Waals surface area (Å²) in [6.07, 6.45) is 0.796. The first-order valence-electron chi connectivity index (χ1n) is 7.35. The fourth-order valence-electron chi connectivity index (χ4n) is 2.89. The standard InChI is InChI=1S/C19H21NO3/c1-5-7-13-20-16(18(23-4)19(20)21)17(22-3)15(6-2)14-11-9-8-10-12-14/h7-12,16-18H,1-2,13H2,3-4H3/t16?,17-,18?/m1/s1. The molecule has 120 valence electrons. The Morgan fingerprint density at radius 2 is 2.04 bits per heavy atom. The predicted molar refractivity (Wildman–Crippen MR) is 89.8 cm³/mol. The minimum atomic E-state index is -0.537. The summed E-state index contributed by atoms with van der Waals surface area (Å²) in [5.41, 5.74) is 7.42. The first-order chi connectivity index (χ1) is 11.2. The van der Waals surface area contributed by atoms with Crippen LogP contribution in [0, 0.1) is 0 Å². The second kappa shape index (κ2) is 7.77. The molecule has 0 spiro atoms. The lowest BCUT2D eigenvalue weighted by Gasteiger charge is -2.49. The van der Waals surface area contributed by atoms with Crippen LogP contribution in [0.15, 0.2) is 61.0 Å². The van der Waals surface area contributed by atoms with Gasteiger partial charge in [-0.1, -0.05) is 43.5 Å². The number of hydrogen-bond acceptors (Lipinski definition) is 3. The van der Waals surface area contributed by atoms with E-state index in [2.05, 4.69) is 24.6 Å². The van der Waals surface area contributed by atoms with Crippen LogP contribution < -0.4 is 0 Å². The number of rotatable bonds is 7. The van der Waals surface area contributed by atoms with Gasteiger partial charge in [-0.2, -0.15) is 0 Å². The number of amides is 1. The molecule has 1 aromatic rings. The minimum Gasteiger partial charge on any atom is -0.374 e. The van der Waals surface area contributed by atoms with Crippen LogP contribution in [0.25, 0.3) is 5.57 Å². The zero-order chi connectivity index (χ0) is 16.8. The molecule has 1 saturated heterocycles. The molecule has 1 aromatic carbocycles. The molecule has 1 aliphatic heterocycles. The SMILES string of the molecule is C=C=CCN1C(=O)C(OC)C1[C@H](OC)C(=C=C)c1ccccc1. The van der Waals surface area contributed by atoms with Gasteiger partial charge in [0.05, 0.1) is 6.04 Å². The van der Waals surface area contributed by atoms with Gasteiger partial charge in [-0.05, 0) is 11.6 Å². The molecular formula is C19H21NO3. The van der Waals surface area contributed by atoms with Crippen LogP contribution in [-0.4, -0.2) is 49.8 Å². The van der Waals surface area contributed by atoms with Crippen molar-refractivity contribution in [2.24, 2.45) is 0 Å². The van der Waals surface area contributed by atoms with E-state index in [1.165, 1.54) is 7.11 Å². The highest BCUT2D eigenvalue weighted by Gasteiger charge is 2.52. The molecule has 4 nitrogen and oxygen atoms in total. The first-order valence-corrected chi connectivity index (χ1v) is 7.35. The monoisotopic (exact) mass is 311 g/mol. The molecule has 2 unspecified atom stereocenters. The van der Waals surface area contributed by atoms with E-state index in [1.54, 1.807) is 18.1 Å². The van der Waals surface area contributed by atoms with Gasteiger partial charge in [-0.3, -0.25) is 4.79 Å². The lowest BCUT2D eigenvalue weighted by atomic mass is 9.86. The molecule has 2 rings (SSSR count). The number of methoxy groups -OCH3 is 2. The largest absolute Gasteiger partial charge is 0.374 e. The summed E-state index contributed by atoms with van der Waals surface area (Å²) in [6.45, 7) is 7.75. The van der Waals surface area contributed by atoms with Gasteiger partial charge < -0.3 is 14.4 Å². The van der Waals surface area contributed by atoms with Gasteiger partial charge in [0.15, 0.2) is 6.10 Å². The Morgan fingerprint density at radius 1 is 1.35 bits per heavy atom. The molecule has 1 heterocycles. The third-order valence-corrected chi connectivity index (χ3v) is 4.01. The minimum absolute atomic E-state index is 0.0671. The molecule has 1 fully saturated rings. The topological polar surface area (TPSA) is 38.8 Å². The Morgan fingerprint density at radius 3 is 2.57 bits per heavy atom. The third kappa shape index (κ3) is 3.21. The maximum atomic E-state index is 12.2. The number of β-lactam (4-membered cyclic amide) rings is 1. The highest BCUT2D eigenvalue weighted by molar-refractivity contribution is 5.90. The summed E-state index contributed by atoms with van der Waals surface area (Å²) in [5, 5.41) is 0. The molecular weight excluding hydrogens is 290 g/mol. The molecule has 1 amide bonds. The van der Waals surface area contributed by atoms with Gasteiger partial charge >= 0.3 is 0 Å². The Labute approximate surface area is 137 Å². The van der Waals surface area contributed by atoms with Crippen LogP contribution in [-0.2, 0) is 14.3 Å². The summed E-state index contributed by atoms with van der Waals surface area (Å²) < 4.78 is 11.0. The molecule has 0 N–H and O–H groups in total. The van der Waals surface area contributed by atoms with Crippen molar-refractivity contribution in [2.75, 3.05) is 20.8 Å². The van der Waals surface area contributed by atoms with Crippen molar-refractivity contribution < 1.29 is 14.3 Å². The van der Waals surface area contributed by atoms with Crippen molar-refractivity contribution in [1.82, 2.24) is 4.90 Å². The van der Waals surface area contributed by atoms with Crippen LogP contribution in [0.3, 0.4) is 0 Å². The third-order valence-electron chi connectivity index (χ3n) is 4.01. The van der Waals surface area contributed by atoms with Crippen LogP contribution >= 0.6 is 0 Å². The van der Waals surface area contributed by atoms with Crippen molar-refractivity contribution in [1.29, 1.82) is 0 Å². The van der Waals surface area contributed by atoms with E-state index in [-0.39, 0.29) is 18.1 Å². The Kier molecular flexibility index (Phi) is 5.75. The van der Waals surface area contributed by atoms with Gasteiger partial charge in [-0.15, -0.1) is 11.5 Å². The molecule has 0 aromatic heterocycles. The summed E-state index contributed by atoms with van der Waals surface area (Å²) in [4.78, 5) is 13.9. The number of likely N-dealkylation sites (tertiary alicyclic amines) is 1. The molecule has 0 saturated carbocycles. The van der Waals surface area contributed by atoms with Gasteiger partial charge in [0.1, 0.15) is 6.10 Å². The summed E-state index contributed by atoms with van der Waals surface area (Å²) in [6, 6.07) is 9.52. The number of nitrogens with zero attached hydrogens (tertiary/aromatic N) is 1. The quantitative estimate of drug-likeness (QED) is 0.573. The number of carbonyl (C=O) groups excluding carboxylic acids is 1. The molecule has 3 atom stereocenters. The van der Waals surface area contributed by atoms with Crippen LogP contribution in [0.2, 0.25) is 0 Å². The van der Waals surface area contributed by atoms with Crippen molar-refractivity contribution in [2.45, 2.75) is 18.2 Å². The molecule has 4 heteroatoms. The van der Waals surface area contributed by atoms with Crippen LogP contribution in [0.5, 0.6) is 0 Å². The lowest BCUT2D eigenvalue weighted by Crippen LogP contribution is -2.69. The average Bonchev–Trinajstić information content (AvgIpc) is 2.59. The van der Waals surface area contributed by atoms with E-state index in [0.29, 0.717) is 6.54 Å². The van der Waals surface area contributed by atoms with Gasteiger partial charge in [0.2, 0.25) is 0 Å². The summed E-state index contributed by atoms with van der Waals surface area (Å²) in [5.74, 6) is -0.0671. The van der Waals surface area contributed by atoms with Crippen molar-refractivity contribution in [3.8, 4) is 0 Å². The molecule has 0 bridgehead atoms. The highest BCUT2D eigenvalue weighted by atomic mass is 16.5. The van der Waals surface area contributed by atoms with Crippen LogP contribution in [0.1, 0.15) is 5.56 Å². The molecule has 1 aliphatic rings. The number of benzene rings is 1. The number of carbonyl (C=O) groups is 1. The Balaban J connectivity index is 2.35. The number of ether oxygens (including phenoxy) is 2. The first kappa shape index (κ1) is 17.0. The molecule has 23 heavy (non-hydrogen) atoms. The van der Waals surface area contributed by atoms with Crippen molar-refractivity contribution in [3.05, 3.63) is 66.6 Å². The summed E-state index contributed by atoms with van der Waals surface area (Å²) in [7, 11) is 3.14. The predicted octanol–water partition coefficient (Wildman–Crippen LogP) is 2.44. The van der Waals surface area contributed by atoms with Crippen LogP contribution in [0.4, 0.5) is 0 Å². The second-order valence-electron chi connectivity index (χ2n) is 5.16. The van der Waals surface area contributed by atoms with Gasteiger partial charge in [-0.25, -0.2) is 0 Å². The average molecular weight is 311 g/mol. The van der Waals surface area contributed by atoms with E-state index in [9.17, 15) is 4.79 Å². The van der Waals surface area contributed by atoms with E-state index in [1.807, 2.05) is 30.3 Å². The van der Waals surface area contributed by atoms with E-state index >= 15 is 0 Å². The van der Waals surface area contributed by atoms with Gasteiger partial charge in [0, 0.05) is 26.3 Å². The summed E-state index contributed by atoms with van der Waals surface area (Å²) >= 11 is 0. The van der Waals surface area contributed by atoms with E-state index in [0.717, 1.165) is 11.1 Å². The van der Waals surface area contributed by atoms with Crippen molar-refractivity contribution >= 4 is 11.5 Å². The normalized spacial score (nSPS) is 21.0. The lowest BCUT2D eigenvalue weighted by molar-refractivity contribution is -0.177. The van der Waals surface area contributed by atoms with Crippen molar-refractivity contribution in [3.63, 3.8) is 0 Å². The zero-order valence-electron chi connectivity index (χ0n) is 13.5. The zero-order valence-corrected chi connectivity index (χ0v) is 13.5. The Bertz CT molecular complexity index is 654. The number of hydrogen-bond donors (Lipinski definition) is 0. The maximum Gasteiger partial charge on any atom is 0.254 e. The van der Waals surface area contributed by atoms with E-state index < -0.39 is 6.10 Å². The fourth-order valence-corrected chi connectivity index (χ4v) is 2.89. The van der Waals surface area contributed by atoms with Gasteiger partial charge in [0.25, 0.3) is 5.91 Å². The molecule has 0 aliphatic carbocycles. The molecule has 0 radical (unpaired) electrons.